The lowest BCUT2D eigenvalue weighted by atomic mass is 9.79. The lowest BCUT2D eigenvalue weighted by molar-refractivity contribution is 0.00578. The van der Waals surface area contributed by atoms with Gasteiger partial charge in [-0.3, -0.25) is 0 Å². The first-order chi connectivity index (χ1) is 12.7. The van der Waals surface area contributed by atoms with Crippen molar-refractivity contribution in [3.05, 3.63) is 24.3 Å². The normalized spacial score (nSPS) is 17.9. The molecule has 0 bridgehead atoms. The predicted octanol–water partition coefficient (Wildman–Crippen LogP) is 3.07. The summed E-state index contributed by atoms with van der Waals surface area (Å²) in [5.41, 5.74) is 0.273. The van der Waals surface area contributed by atoms with Gasteiger partial charge < -0.3 is 18.9 Å². The summed E-state index contributed by atoms with van der Waals surface area (Å²) in [6, 6.07) is 7.92. The highest BCUT2D eigenvalue weighted by Crippen LogP contribution is 2.36. The molecule has 0 spiro atoms. The molecule has 1 aromatic heterocycles. The molecule has 27 heavy (non-hydrogen) atoms. The summed E-state index contributed by atoms with van der Waals surface area (Å²) in [5.74, 6) is 1.62. The van der Waals surface area contributed by atoms with Crippen molar-refractivity contribution >= 4 is 40.8 Å². The molecule has 3 rings (SSSR count). The van der Waals surface area contributed by atoms with Gasteiger partial charge in [-0.25, -0.2) is 0 Å². The Bertz CT molecular complexity index is 767. The summed E-state index contributed by atoms with van der Waals surface area (Å²) < 4.78 is 19.1. The maximum atomic E-state index is 6.11. The fourth-order valence-corrected chi connectivity index (χ4v) is 4.11. The third-order valence-electron chi connectivity index (χ3n) is 4.74. The van der Waals surface area contributed by atoms with Crippen molar-refractivity contribution < 1.29 is 14.0 Å². The minimum atomic E-state index is -0.376. The molecular weight excluding hydrogens is 381 g/mol. The van der Waals surface area contributed by atoms with Crippen molar-refractivity contribution in [2.24, 2.45) is 0 Å². The third-order valence-corrected chi connectivity index (χ3v) is 6.93. The van der Waals surface area contributed by atoms with Crippen LogP contribution in [0.3, 0.4) is 0 Å². The summed E-state index contributed by atoms with van der Waals surface area (Å²) in [6.45, 7) is 8.81. The third kappa shape index (κ3) is 4.77. The van der Waals surface area contributed by atoms with Crippen LogP contribution in [0.4, 0.5) is 5.13 Å². The molecule has 0 amide bonds. The van der Waals surface area contributed by atoms with E-state index in [0.717, 1.165) is 26.4 Å². The summed E-state index contributed by atoms with van der Waals surface area (Å²) >= 11 is 3.23. The average molecular weight is 407 g/mol. The van der Waals surface area contributed by atoms with Crippen LogP contribution in [-0.4, -0.2) is 55.0 Å². The molecule has 0 atom stereocenters. The molecule has 2 aromatic rings. The molecule has 146 valence electrons. The second kappa shape index (κ2) is 7.99. The second-order valence-corrected chi connectivity index (χ2v) is 9.90. The zero-order valence-corrected chi connectivity index (χ0v) is 18.3. The van der Waals surface area contributed by atoms with Gasteiger partial charge in [-0.1, -0.05) is 35.2 Å². The van der Waals surface area contributed by atoms with Crippen LogP contribution in [0.15, 0.2) is 28.6 Å². The molecule has 1 fully saturated rings. The number of anilines is 1. The number of aromatic nitrogens is 2. The summed E-state index contributed by atoms with van der Waals surface area (Å²) in [6.07, 6.45) is 0. The van der Waals surface area contributed by atoms with Crippen molar-refractivity contribution in [3.63, 3.8) is 0 Å². The zero-order valence-electron chi connectivity index (χ0n) is 16.7. The summed E-state index contributed by atoms with van der Waals surface area (Å²) in [4.78, 5) is 1.96. The minimum absolute atomic E-state index is 0.349. The molecule has 0 aliphatic carbocycles. The van der Waals surface area contributed by atoms with E-state index in [1.807, 2.05) is 43.3 Å². The largest absolute Gasteiger partial charge is 0.494 e. The lowest BCUT2D eigenvalue weighted by Crippen LogP contribution is -2.41. The summed E-state index contributed by atoms with van der Waals surface area (Å²) in [5, 5.41) is 9.22. The van der Waals surface area contributed by atoms with Crippen molar-refractivity contribution in [1.29, 1.82) is 0 Å². The second-order valence-electron chi connectivity index (χ2n) is 7.60. The predicted molar refractivity (Wildman–Crippen MR) is 113 cm³/mol. The number of hydrogen-bond donors (Lipinski definition) is 0. The van der Waals surface area contributed by atoms with Gasteiger partial charge in [0.2, 0.25) is 5.13 Å². The van der Waals surface area contributed by atoms with Gasteiger partial charge in [0, 0.05) is 19.8 Å². The molecule has 1 saturated heterocycles. The first-order valence-corrected chi connectivity index (χ1v) is 10.7. The van der Waals surface area contributed by atoms with Gasteiger partial charge in [0.05, 0.1) is 17.8 Å². The van der Waals surface area contributed by atoms with E-state index in [1.165, 1.54) is 0 Å². The molecule has 0 N–H and O–H groups in total. The molecule has 1 aliphatic rings. The van der Waals surface area contributed by atoms with E-state index < -0.39 is 0 Å². The Kier molecular flexibility index (Phi) is 6.05. The average Bonchev–Trinajstić information content (AvgIpc) is 3.15. The Morgan fingerprint density at radius 1 is 1.15 bits per heavy atom. The smallest absolute Gasteiger partial charge is 0.493 e. The monoisotopic (exact) mass is 407 g/mol. The van der Waals surface area contributed by atoms with Crippen LogP contribution in [0.25, 0.3) is 0 Å². The SMILES string of the molecule is CN(C)c1nnc(SCCOc2cccc(B3OC(C)(C)C(C)(C)O3)c2)s1. The van der Waals surface area contributed by atoms with Crippen molar-refractivity contribution in [2.75, 3.05) is 31.4 Å². The van der Waals surface area contributed by atoms with Crippen LogP contribution in [0.1, 0.15) is 27.7 Å². The van der Waals surface area contributed by atoms with Crippen LogP contribution in [0.2, 0.25) is 0 Å². The molecule has 1 aliphatic heterocycles. The molecule has 9 heteroatoms. The number of thioether (sulfide) groups is 1. The van der Waals surface area contributed by atoms with Gasteiger partial charge in [-0.2, -0.15) is 0 Å². The Balaban J connectivity index is 1.52. The fourth-order valence-electron chi connectivity index (χ4n) is 2.46. The number of hydrogen-bond acceptors (Lipinski definition) is 8. The van der Waals surface area contributed by atoms with Crippen LogP contribution < -0.4 is 15.1 Å². The van der Waals surface area contributed by atoms with Gasteiger partial charge in [-0.05, 0) is 45.3 Å². The van der Waals surface area contributed by atoms with Crippen LogP contribution in [0.5, 0.6) is 5.75 Å². The highest BCUT2D eigenvalue weighted by atomic mass is 32.2. The van der Waals surface area contributed by atoms with Crippen LogP contribution >= 0.6 is 23.1 Å². The molecule has 0 unspecified atom stereocenters. The maximum Gasteiger partial charge on any atom is 0.494 e. The lowest BCUT2D eigenvalue weighted by Gasteiger charge is -2.32. The van der Waals surface area contributed by atoms with Gasteiger partial charge in [0.15, 0.2) is 4.34 Å². The highest BCUT2D eigenvalue weighted by Gasteiger charge is 2.51. The van der Waals surface area contributed by atoms with Crippen molar-refractivity contribution in [2.45, 2.75) is 43.2 Å². The first-order valence-electron chi connectivity index (χ1n) is 8.90. The number of benzene rings is 1. The molecule has 6 nitrogen and oxygen atoms in total. The van der Waals surface area contributed by atoms with E-state index >= 15 is 0 Å². The Labute approximate surface area is 169 Å². The molecule has 0 saturated carbocycles. The van der Waals surface area contributed by atoms with Gasteiger partial charge in [0.25, 0.3) is 0 Å². The molecule has 1 aromatic carbocycles. The number of ether oxygens (including phenoxy) is 1. The maximum absolute atomic E-state index is 6.11. The molecule has 0 radical (unpaired) electrons. The van der Waals surface area contributed by atoms with Crippen molar-refractivity contribution in [1.82, 2.24) is 10.2 Å². The van der Waals surface area contributed by atoms with Crippen molar-refractivity contribution in [3.8, 4) is 5.75 Å². The standard InChI is InChI=1S/C18H26BN3O3S2/c1-17(2)18(3,4)25-19(24-17)13-8-7-9-14(12-13)23-10-11-26-16-21-20-15(27-16)22(5)6/h7-9,12H,10-11H2,1-6H3. The van der Waals surface area contributed by atoms with E-state index in [4.69, 9.17) is 14.0 Å². The van der Waals surface area contributed by atoms with E-state index in [9.17, 15) is 0 Å². The molecule has 2 heterocycles. The van der Waals surface area contributed by atoms with Gasteiger partial charge in [0.1, 0.15) is 5.75 Å². The number of rotatable bonds is 7. The summed E-state index contributed by atoms with van der Waals surface area (Å²) in [7, 11) is 3.55. The Hall–Kier alpha value is -1.29. The van der Waals surface area contributed by atoms with E-state index in [1.54, 1.807) is 23.1 Å². The quantitative estimate of drug-likeness (QED) is 0.397. The topological polar surface area (TPSA) is 56.7 Å². The van der Waals surface area contributed by atoms with E-state index in [2.05, 4.69) is 37.9 Å². The number of nitrogens with zero attached hydrogens (tertiary/aromatic N) is 3. The van der Waals surface area contributed by atoms with Crippen LogP contribution in [-0.2, 0) is 9.31 Å². The highest BCUT2D eigenvalue weighted by molar-refractivity contribution is 8.01. The van der Waals surface area contributed by atoms with Crippen LogP contribution in [0, 0.1) is 0 Å². The fraction of sp³-hybridized carbons (Fsp3) is 0.556. The van der Waals surface area contributed by atoms with Gasteiger partial charge >= 0.3 is 7.12 Å². The first kappa shape index (κ1) is 20.4. The Morgan fingerprint density at radius 3 is 2.48 bits per heavy atom. The van der Waals surface area contributed by atoms with Gasteiger partial charge in [-0.15, -0.1) is 10.2 Å². The Morgan fingerprint density at radius 2 is 1.85 bits per heavy atom. The minimum Gasteiger partial charge on any atom is -0.493 e. The van der Waals surface area contributed by atoms with E-state index in [-0.39, 0.29) is 18.3 Å². The zero-order chi connectivity index (χ0) is 19.7. The molecular formula is C18H26BN3O3S2. The van der Waals surface area contributed by atoms with E-state index in [0.29, 0.717) is 6.61 Å².